The third-order valence-corrected chi connectivity index (χ3v) is 5.59. The summed E-state index contributed by atoms with van der Waals surface area (Å²) in [5, 5.41) is 9.59. The third-order valence-electron chi connectivity index (χ3n) is 4.17. The molecule has 0 atom stereocenters. The highest BCUT2D eigenvalue weighted by Crippen LogP contribution is 2.29. The summed E-state index contributed by atoms with van der Waals surface area (Å²) < 4.78 is 32.5. The number of ether oxygens (including phenoxy) is 1. The molecular formula is C15H23NO4S. The molecule has 2 N–H and O–H groups in total. The normalized spacial score (nSPS) is 18.6. The molecule has 118 valence electrons. The minimum absolute atomic E-state index is 0.0341. The van der Waals surface area contributed by atoms with Gasteiger partial charge in [0.1, 0.15) is 0 Å². The Bertz CT molecular complexity index is 548. The van der Waals surface area contributed by atoms with Gasteiger partial charge in [0.25, 0.3) is 0 Å². The Balaban J connectivity index is 2.06. The lowest BCUT2D eigenvalue weighted by Gasteiger charge is -2.35. The molecule has 0 bridgehead atoms. The minimum Gasteiger partial charge on any atom is -0.396 e. The number of aliphatic hydroxyl groups excluding tert-OH is 1. The topological polar surface area (TPSA) is 75.6 Å². The van der Waals surface area contributed by atoms with Gasteiger partial charge in [-0.3, -0.25) is 0 Å². The van der Waals surface area contributed by atoms with Crippen molar-refractivity contribution < 1.29 is 18.3 Å². The fraction of sp³-hybridized carbons (Fsp3) is 0.600. The minimum atomic E-state index is -3.53. The molecule has 1 aromatic rings. The third kappa shape index (κ3) is 4.03. The van der Waals surface area contributed by atoms with Crippen LogP contribution in [0.3, 0.4) is 0 Å². The van der Waals surface area contributed by atoms with E-state index in [1.54, 1.807) is 12.1 Å². The van der Waals surface area contributed by atoms with Gasteiger partial charge in [-0.25, -0.2) is 13.1 Å². The van der Waals surface area contributed by atoms with Gasteiger partial charge < -0.3 is 9.84 Å². The first-order chi connectivity index (χ1) is 10.0. The Morgan fingerprint density at radius 3 is 2.38 bits per heavy atom. The van der Waals surface area contributed by atoms with Gasteiger partial charge >= 0.3 is 0 Å². The number of benzene rings is 1. The molecule has 5 nitrogen and oxygen atoms in total. The van der Waals surface area contributed by atoms with E-state index in [4.69, 9.17) is 4.74 Å². The largest absolute Gasteiger partial charge is 0.396 e. The lowest BCUT2D eigenvalue weighted by atomic mass is 9.81. The fourth-order valence-corrected chi connectivity index (χ4v) is 3.59. The molecule has 1 heterocycles. The summed E-state index contributed by atoms with van der Waals surface area (Å²) in [6.45, 7) is 3.36. The molecule has 0 unspecified atom stereocenters. The molecule has 6 heteroatoms. The van der Waals surface area contributed by atoms with E-state index < -0.39 is 15.4 Å². The van der Waals surface area contributed by atoms with Crippen LogP contribution in [0.5, 0.6) is 0 Å². The molecule has 21 heavy (non-hydrogen) atoms. The lowest BCUT2D eigenvalue weighted by Crippen LogP contribution is -2.43. The van der Waals surface area contributed by atoms with Gasteiger partial charge in [0.15, 0.2) is 0 Å². The zero-order valence-corrected chi connectivity index (χ0v) is 13.2. The van der Waals surface area contributed by atoms with Crippen LogP contribution < -0.4 is 4.72 Å². The SMILES string of the molecule is CCc1ccc(S(=O)(=O)NCC2(CO)CCOCC2)cc1. The van der Waals surface area contributed by atoms with E-state index in [-0.39, 0.29) is 18.0 Å². The Kier molecular flexibility index (Phi) is 5.37. The van der Waals surface area contributed by atoms with Crippen molar-refractivity contribution in [1.29, 1.82) is 0 Å². The predicted octanol–water partition coefficient (Wildman–Crippen LogP) is 1.32. The number of hydrogen-bond acceptors (Lipinski definition) is 4. The summed E-state index contributed by atoms with van der Waals surface area (Å²) in [5.74, 6) is 0. The second-order valence-corrected chi connectivity index (χ2v) is 7.36. The molecule has 1 aliphatic heterocycles. The molecule has 1 aromatic carbocycles. The van der Waals surface area contributed by atoms with Crippen LogP contribution in [0.15, 0.2) is 29.2 Å². The Morgan fingerprint density at radius 1 is 1.24 bits per heavy atom. The molecule has 0 aliphatic carbocycles. The van der Waals surface area contributed by atoms with Crippen molar-refractivity contribution in [2.45, 2.75) is 31.1 Å². The highest BCUT2D eigenvalue weighted by atomic mass is 32.2. The van der Waals surface area contributed by atoms with E-state index in [9.17, 15) is 13.5 Å². The van der Waals surface area contributed by atoms with Crippen molar-refractivity contribution in [1.82, 2.24) is 4.72 Å². The number of hydrogen-bond donors (Lipinski definition) is 2. The van der Waals surface area contributed by atoms with Gasteiger partial charge in [-0.2, -0.15) is 0 Å². The van der Waals surface area contributed by atoms with E-state index in [2.05, 4.69) is 4.72 Å². The monoisotopic (exact) mass is 313 g/mol. The molecule has 0 aromatic heterocycles. The van der Waals surface area contributed by atoms with Gasteiger partial charge in [0.05, 0.1) is 11.5 Å². The molecule has 1 fully saturated rings. The van der Waals surface area contributed by atoms with Crippen molar-refractivity contribution in [3.05, 3.63) is 29.8 Å². The van der Waals surface area contributed by atoms with E-state index in [1.165, 1.54) is 0 Å². The van der Waals surface area contributed by atoms with Crippen molar-refractivity contribution in [3.8, 4) is 0 Å². The van der Waals surface area contributed by atoms with Gasteiger partial charge in [-0.15, -0.1) is 0 Å². The highest BCUT2D eigenvalue weighted by molar-refractivity contribution is 7.89. The average Bonchev–Trinajstić information content (AvgIpc) is 2.54. The second kappa shape index (κ2) is 6.87. The molecule has 1 aliphatic rings. The quantitative estimate of drug-likeness (QED) is 0.830. The molecule has 2 rings (SSSR count). The van der Waals surface area contributed by atoms with Crippen LogP contribution in [-0.4, -0.2) is 39.9 Å². The van der Waals surface area contributed by atoms with E-state index in [0.29, 0.717) is 26.1 Å². The first-order valence-corrected chi connectivity index (χ1v) is 8.77. The highest BCUT2D eigenvalue weighted by Gasteiger charge is 2.33. The maximum atomic E-state index is 12.3. The molecule has 0 radical (unpaired) electrons. The van der Waals surface area contributed by atoms with Gasteiger partial charge in [0.2, 0.25) is 10.0 Å². The van der Waals surface area contributed by atoms with Gasteiger partial charge in [0, 0.05) is 25.2 Å². The number of rotatable bonds is 6. The van der Waals surface area contributed by atoms with Crippen LogP contribution in [0.1, 0.15) is 25.3 Å². The average molecular weight is 313 g/mol. The zero-order valence-electron chi connectivity index (χ0n) is 12.3. The summed E-state index contributed by atoms with van der Waals surface area (Å²) >= 11 is 0. The second-order valence-electron chi connectivity index (χ2n) is 5.59. The molecule has 0 amide bonds. The Morgan fingerprint density at radius 2 is 1.86 bits per heavy atom. The zero-order chi connectivity index (χ0) is 15.3. The molecule has 0 spiro atoms. The molecular weight excluding hydrogens is 290 g/mol. The Hall–Kier alpha value is -0.950. The molecule has 0 saturated carbocycles. The summed E-state index contributed by atoms with van der Waals surface area (Å²) in [4.78, 5) is 0.264. The predicted molar refractivity (Wildman–Crippen MR) is 80.6 cm³/mol. The summed E-state index contributed by atoms with van der Waals surface area (Å²) in [5.41, 5.74) is 0.694. The lowest BCUT2D eigenvalue weighted by molar-refractivity contribution is -0.0126. The van der Waals surface area contributed by atoms with Crippen LogP contribution in [0, 0.1) is 5.41 Å². The van der Waals surface area contributed by atoms with Crippen LogP contribution in [0.25, 0.3) is 0 Å². The Labute approximate surface area is 126 Å². The summed E-state index contributed by atoms with van der Waals surface area (Å²) in [7, 11) is -3.53. The smallest absolute Gasteiger partial charge is 0.240 e. The van der Waals surface area contributed by atoms with Crippen molar-refractivity contribution in [2.24, 2.45) is 5.41 Å². The van der Waals surface area contributed by atoms with Crippen molar-refractivity contribution >= 4 is 10.0 Å². The standard InChI is InChI=1S/C15H23NO4S/c1-2-13-3-5-14(6-4-13)21(18,19)16-11-15(12-17)7-9-20-10-8-15/h3-6,16-17H,2,7-12H2,1H3. The van der Waals surface area contributed by atoms with Crippen LogP contribution in [-0.2, 0) is 21.2 Å². The fourth-order valence-electron chi connectivity index (χ4n) is 2.43. The number of aryl methyl sites for hydroxylation is 1. The first kappa shape index (κ1) is 16.4. The van der Waals surface area contributed by atoms with Gasteiger partial charge in [-0.1, -0.05) is 19.1 Å². The summed E-state index contributed by atoms with van der Waals surface area (Å²) in [6.07, 6.45) is 2.21. The van der Waals surface area contributed by atoms with Crippen molar-refractivity contribution in [3.63, 3.8) is 0 Å². The van der Waals surface area contributed by atoms with Crippen LogP contribution in [0.2, 0.25) is 0 Å². The maximum Gasteiger partial charge on any atom is 0.240 e. The first-order valence-electron chi connectivity index (χ1n) is 7.28. The van der Waals surface area contributed by atoms with E-state index in [1.807, 2.05) is 19.1 Å². The maximum absolute atomic E-state index is 12.3. The number of nitrogens with one attached hydrogen (secondary N) is 1. The van der Waals surface area contributed by atoms with E-state index in [0.717, 1.165) is 12.0 Å². The summed E-state index contributed by atoms with van der Waals surface area (Å²) in [6, 6.07) is 6.89. The van der Waals surface area contributed by atoms with Gasteiger partial charge in [-0.05, 0) is 37.0 Å². The van der Waals surface area contributed by atoms with Crippen molar-refractivity contribution in [2.75, 3.05) is 26.4 Å². The van der Waals surface area contributed by atoms with Crippen LogP contribution in [0.4, 0.5) is 0 Å². The van der Waals surface area contributed by atoms with E-state index >= 15 is 0 Å². The van der Waals surface area contributed by atoms with Crippen LogP contribution >= 0.6 is 0 Å². The number of aliphatic hydroxyl groups is 1. The number of sulfonamides is 1. The molecule has 1 saturated heterocycles.